The van der Waals surface area contributed by atoms with Crippen LogP contribution in [0.4, 0.5) is 26.3 Å². The summed E-state index contributed by atoms with van der Waals surface area (Å²) in [6.07, 6.45) is -8.34. The third-order valence-electron chi connectivity index (χ3n) is 2.97. The lowest BCUT2D eigenvalue weighted by atomic mass is 10.1. The SMILES string of the molecule is CCOC(=O)C(C)(F)C(F)(F)OCC.CCOC(F)(F)C(C)(F)C(=O)OC. The van der Waals surface area contributed by atoms with Crippen molar-refractivity contribution in [1.29, 1.82) is 0 Å². The highest BCUT2D eigenvalue weighted by molar-refractivity contribution is 5.80. The summed E-state index contributed by atoms with van der Waals surface area (Å²) in [5.41, 5.74) is -6.92. The molecule has 0 amide bonds. The third kappa shape index (κ3) is 7.17. The Morgan fingerprint density at radius 3 is 1.30 bits per heavy atom. The van der Waals surface area contributed by atoms with Crippen LogP contribution in [-0.2, 0) is 28.5 Å². The van der Waals surface area contributed by atoms with Crippen LogP contribution in [0.5, 0.6) is 0 Å². The molecule has 162 valence electrons. The van der Waals surface area contributed by atoms with Gasteiger partial charge in [0.15, 0.2) is 0 Å². The zero-order valence-electron chi connectivity index (χ0n) is 15.8. The number of carbonyl (C=O) groups is 2. The topological polar surface area (TPSA) is 71.1 Å². The van der Waals surface area contributed by atoms with E-state index in [9.17, 15) is 35.9 Å². The molecule has 0 aromatic carbocycles. The summed E-state index contributed by atoms with van der Waals surface area (Å²) in [5, 5.41) is 0. The molecule has 27 heavy (non-hydrogen) atoms. The molecular weight excluding hydrogens is 390 g/mol. The first kappa shape index (κ1) is 27.7. The lowest BCUT2D eigenvalue weighted by molar-refractivity contribution is -0.300. The fourth-order valence-corrected chi connectivity index (χ4v) is 1.33. The Bertz CT molecular complexity index is 481. The second-order valence-corrected chi connectivity index (χ2v) is 5.12. The highest BCUT2D eigenvalue weighted by Gasteiger charge is 2.60. The second-order valence-electron chi connectivity index (χ2n) is 5.12. The Morgan fingerprint density at radius 2 is 1.04 bits per heavy atom. The number of carbonyl (C=O) groups excluding carboxylic acids is 2. The molecule has 6 nitrogen and oxygen atoms in total. The van der Waals surface area contributed by atoms with E-state index in [4.69, 9.17) is 0 Å². The van der Waals surface area contributed by atoms with Gasteiger partial charge in [0.2, 0.25) is 0 Å². The van der Waals surface area contributed by atoms with Crippen molar-refractivity contribution in [2.75, 3.05) is 26.9 Å². The molecular formula is C15H24F6O6. The monoisotopic (exact) mass is 414 g/mol. The van der Waals surface area contributed by atoms with Gasteiger partial charge in [0.25, 0.3) is 11.3 Å². The van der Waals surface area contributed by atoms with Crippen LogP contribution in [0.3, 0.4) is 0 Å². The maximum Gasteiger partial charge on any atom is 0.400 e. The van der Waals surface area contributed by atoms with E-state index in [1.54, 1.807) is 0 Å². The summed E-state index contributed by atoms with van der Waals surface area (Å²) in [7, 11) is 0.822. The summed E-state index contributed by atoms with van der Waals surface area (Å²) < 4.78 is 93.3. The number of methoxy groups -OCH3 is 1. The molecule has 0 aromatic rings. The molecule has 0 bridgehead atoms. The smallest absolute Gasteiger partial charge is 0.400 e. The van der Waals surface area contributed by atoms with Crippen molar-refractivity contribution in [3.63, 3.8) is 0 Å². The van der Waals surface area contributed by atoms with Crippen LogP contribution < -0.4 is 0 Å². The van der Waals surface area contributed by atoms with Gasteiger partial charge in [-0.15, -0.1) is 0 Å². The van der Waals surface area contributed by atoms with Crippen LogP contribution in [-0.4, -0.2) is 62.4 Å². The van der Waals surface area contributed by atoms with Gasteiger partial charge in [-0.3, -0.25) is 0 Å². The molecule has 0 aromatic heterocycles. The summed E-state index contributed by atoms with van der Waals surface area (Å²) in [6, 6.07) is 0. The van der Waals surface area contributed by atoms with Crippen molar-refractivity contribution >= 4 is 11.9 Å². The van der Waals surface area contributed by atoms with Gasteiger partial charge < -0.3 is 18.9 Å². The highest BCUT2D eigenvalue weighted by atomic mass is 19.3. The third-order valence-corrected chi connectivity index (χ3v) is 2.97. The van der Waals surface area contributed by atoms with Gasteiger partial charge in [0.1, 0.15) is 0 Å². The number of rotatable bonds is 9. The summed E-state index contributed by atoms with van der Waals surface area (Å²) in [6.45, 7) is 3.81. The molecule has 0 radical (unpaired) electrons. The number of alkyl halides is 6. The number of ether oxygens (including phenoxy) is 4. The molecule has 2 unspecified atom stereocenters. The predicted octanol–water partition coefficient (Wildman–Crippen LogP) is 3.42. The highest BCUT2D eigenvalue weighted by Crippen LogP contribution is 2.35. The van der Waals surface area contributed by atoms with E-state index in [2.05, 4.69) is 18.9 Å². The molecule has 2 atom stereocenters. The van der Waals surface area contributed by atoms with Crippen LogP contribution in [0.1, 0.15) is 34.6 Å². The Morgan fingerprint density at radius 1 is 0.704 bits per heavy atom. The minimum Gasteiger partial charge on any atom is -0.466 e. The standard InChI is InChI=1S/C8H13F3O3.C7H11F3O3/c1-4-13-6(12)7(3,9)8(10,11)14-5-2;1-4-13-7(9,10)6(2,8)5(11)12-3/h4-5H2,1-3H3;4H2,1-3H3. The molecule has 0 aliphatic carbocycles. The average molecular weight is 414 g/mol. The van der Waals surface area contributed by atoms with Crippen molar-refractivity contribution in [3.05, 3.63) is 0 Å². The van der Waals surface area contributed by atoms with Crippen LogP contribution >= 0.6 is 0 Å². The maximum absolute atomic E-state index is 13.3. The van der Waals surface area contributed by atoms with Crippen LogP contribution in [0.25, 0.3) is 0 Å². The van der Waals surface area contributed by atoms with E-state index in [1.165, 1.54) is 20.8 Å². The lowest BCUT2D eigenvalue weighted by Crippen LogP contribution is -2.50. The van der Waals surface area contributed by atoms with E-state index < -0.39 is 48.7 Å². The second kappa shape index (κ2) is 10.7. The molecule has 0 aliphatic heterocycles. The molecule has 0 spiro atoms. The van der Waals surface area contributed by atoms with Crippen molar-refractivity contribution < 1.29 is 54.9 Å². The van der Waals surface area contributed by atoms with E-state index in [0.717, 1.165) is 7.11 Å². The minimum absolute atomic E-state index is 0.166. The van der Waals surface area contributed by atoms with Gasteiger partial charge in [0, 0.05) is 0 Å². The lowest BCUT2D eigenvalue weighted by Gasteiger charge is -2.26. The van der Waals surface area contributed by atoms with Crippen molar-refractivity contribution in [1.82, 2.24) is 0 Å². The van der Waals surface area contributed by atoms with Crippen LogP contribution in [0.2, 0.25) is 0 Å². The quantitative estimate of drug-likeness (QED) is 0.425. The number of hydrogen-bond acceptors (Lipinski definition) is 6. The van der Waals surface area contributed by atoms with Gasteiger partial charge in [-0.1, -0.05) is 0 Å². The van der Waals surface area contributed by atoms with Crippen molar-refractivity contribution in [2.24, 2.45) is 0 Å². The van der Waals surface area contributed by atoms with E-state index in [0.29, 0.717) is 13.8 Å². The zero-order valence-corrected chi connectivity index (χ0v) is 15.8. The maximum atomic E-state index is 13.3. The van der Waals surface area contributed by atoms with Gasteiger partial charge >= 0.3 is 24.2 Å². The van der Waals surface area contributed by atoms with Gasteiger partial charge in [-0.25, -0.2) is 18.4 Å². The fourth-order valence-electron chi connectivity index (χ4n) is 1.33. The number of hydrogen-bond donors (Lipinski definition) is 0. The van der Waals surface area contributed by atoms with Gasteiger partial charge in [-0.05, 0) is 34.6 Å². The zero-order chi connectivity index (χ0) is 22.1. The van der Waals surface area contributed by atoms with E-state index >= 15 is 0 Å². The van der Waals surface area contributed by atoms with E-state index in [1.807, 2.05) is 0 Å². The Kier molecular flexibility index (Phi) is 11.0. The molecule has 0 aliphatic rings. The van der Waals surface area contributed by atoms with Gasteiger partial charge in [0.05, 0.1) is 26.9 Å². The van der Waals surface area contributed by atoms with Crippen molar-refractivity contribution in [3.8, 4) is 0 Å². The number of esters is 2. The average Bonchev–Trinajstić information content (AvgIpc) is 2.54. The molecule has 12 heteroatoms. The van der Waals surface area contributed by atoms with Crippen molar-refractivity contribution in [2.45, 2.75) is 58.2 Å². The normalized spacial score (nSPS) is 16.3. The van der Waals surface area contributed by atoms with Crippen LogP contribution in [0.15, 0.2) is 0 Å². The van der Waals surface area contributed by atoms with Gasteiger partial charge in [-0.2, -0.15) is 17.6 Å². The minimum atomic E-state index is -4.17. The first-order valence-electron chi connectivity index (χ1n) is 7.75. The Hall–Kier alpha value is -1.56. The first-order valence-corrected chi connectivity index (χ1v) is 7.75. The molecule has 0 rings (SSSR count). The molecule has 0 fully saturated rings. The fraction of sp³-hybridized carbons (Fsp3) is 0.867. The Balaban J connectivity index is 0. The van der Waals surface area contributed by atoms with Crippen LogP contribution in [0, 0.1) is 0 Å². The largest absolute Gasteiger partial charge is 0.466 e. The first-order chi connectivity index (χ1) is 12.1. The molecule has 0 saturated heterocycles. The molecule has 0 N–H and O–H groups in total. The summed E-state index contributed by atoms with van der Waals surface area (Å²) in [5.74, 6) is -3.29. The molecule has 0 saturated carbocycles. The Labute approximate surface area is 153 Å². The number of halogens is 6. The van der Waals surface area contributed by atoms with E-state index in [-0.39, 0.29) is 6.61 Å². The predicted molar refractivity (Wildman–Crippen MR) is 80.8 cm³/mol. The molecule has 0 heterocycles. The summed E-state index contributed by atoms with van der Waals surface area (Å²) >= 11 is 0. The summed E-state index contributed by atoms with van der Waals surface area (Å²) in [4.78, 5) is 21.4.